The Morgan fingerprint density at radius 1 is 1.18 bits per heavy atom. The molecule has 1 aromatic rings. The van der Waals surface area contributed by atoms with Crippen molar-refractivity contribution in [3.63, 3.8) is 0 Å². The smallest absolute Gasteiger partial charge is 0.183 e. The zero-order valence-electron chi connectivity index (χ0n) is 13.6. The molecule has 1 unspecified atom stereocenters. The Morgan fingerprint density at radius 2 is 1.95 bits per heavy atom. The van der Waals surface area contributed by atoms with Crippen LogP contribution >= 0.6 is 0 Å². The fraction of sp³-hybridized carbons (Fsp3) is 0.368. The second kappa shape index (κ2) is 6.95. The molecule has 0 spiro atoms. The Hall–Kier alpha value is -0.500. The maximum Gasteiger partial charge on any atom is 0.183 e. The van der Waals surface area contributed by atoms with Crippen molar-refractivity contribution in [3.8, 4) is 0 Å². The molecular weight excluding hydrogens is 364 g/mol. The van der Waals surface area contributed by atoms with Gasteiger partial charge < -0.3 is 4.43 Å². The number of rotatable bonds is 5. The Kier molecular flexibility index (Phi) is 5.63. The van der Waals surface area contributed by atoms with Crippen molar-refractivity contribution in [1.82, 2.24) is 0 Å². The van der Waals surface area contributed by atoms with Gasteiger partial charge in [-0.05, 0) is 37.2 Å². The molecule has 0 bridgehead atoms. The average Bonchev–Trinajstić information content (AvgIpc) is 3.06. The van der Waals surface area contributed by atoms with E-state index in [0.717, 1.165) is 19.4 Å². The number of benzene rings is 1. The third-order valence-corrected chi connectivity index (χ3v) is 5.27. The van der Waals surface area contributed by atoms with Crippen molar-refractivity contribution < 1.29 is 30.6 Å². The molecule has 114 valence electrons. The van der Waals surface area contributed by atoms with E-state index in [0.29, 0.717) is 0 Å². The summed E-state index contributed by atoms with van der Waals surface area (Å²) in [7, 11) is -1.46. The van der Waals surface area contributed by atoms with Crippen molar-refractivity contribution in [2.45, 2.75) is 37.9 Å². The van der Waals surface area contributed by atoms with Crippen molar-refractivity contribution in [2.24, 2.45) is 0 Å². The summed E-state index contributed by atoms with van der Waals surface area (Å²) < 4.78 is 6.13. The van der Waals surface area contributed by atoms with E-state index in [-0.39, 0.29) is 31.6 Å². The van der Waals surface area contributed by atoms with Crippen LogP contribution in [-0.4, -0.2) is 14.9 Å². The predicted octanol–water partition coefficient (Wildman–Crippen LogP) is 4.88. The Labute approximate surface area is 154 Å². The van der Waals surface area contributed by atoms with Gasteiger partial charge in [0.2, 0.25) is 0 Å². The van der Waals surface area contributed by atoms with Gasteiger partial charge in [0.15, 0.2) is 8.32 Å². The van der Waals surface area contributed by atoms with Crippen LogP contribution in [0.15, 0.2) is 48.1 Å². The molecule has 0 amide bonds. The monoisotopic (exact) mass is 385 g/mol. The predicted molar refractivity (Wildman–Crippen MR) is 91.6 cm³/mol. The van der Waals surface area contributed by atoms with Crippen molar-refractivity contribution in [3.05, 3.63) is 65.3 Å². The van der Waals surface area contributed by atoms with Gasteiger partial charge in [-0.1, -0.05) is 36.4 Å². The molecule has 22 heavy (non-hydrogen) atoms. The van der Waals surface area contributed by atoms with E-state index in [4.69, 9.17) is 4.43 Å². The van der Waals surface area contributed by atoms with Crippen LogP contribution in [0, 0.1) is 6.08 Å². The summed E-state index contributed by atoms with van der Waals surface area (Å²) in [6.07, 6.45) is 14.5. The standard InChI is InChI=1S/C19H23OSi.Zr/c1-21(2,3)20-15-14-19(17-9-5-6-10-17)13-12-16-8-4-7-11-18(16)19;/h4-5,7-9,11-13H,6,14-15H2,1-3H3;/q-1;. The summed E-state index contributed by atoms with van der Waals surface area (Å²) in [5.41, 5.74) is 4.00. The SMILES string of the molecule is C[Si](C)(C)OCCC1(C2=[C-]CC=C2)C=Cc2ccccc21.[Zr]. The fourth-order valence-corrected chi connectivity index (χ4v) is 3.90. The summed E-state index contributed by atoms with van der Waals surface area (Å²) >= 11 is 0. The van der Waals surface area contributed by atoms with Crippen LogP contribution in [0.25, 0.3) is 6.08 Å². The topological polar surface area (TPSA) is 9.23 Å². The van der Waals surface area contributed by atoms with Crippen LogP contribution < -0.4 is 0 Å². The molecule has 0 aromatic heterocycles. The molecule has 1 nitrogen and oxygen atoms in total. The molecule has 0 fully saturated rings. The largest absolute Gasteiger partial charge is 0.418 e. The van der Waals surface area contributed by atoms with Gasteiger partial charge in [-0.3, -0.25) is 6.08 Å². The summed E-state index contributed by atoms with van der Waals surface area (Å²) in [6, 6.07) is 8.70. The van der Waals surface area contributed by atoms with Gasteiger partial charge in [-0.2, -0.15) is 6.08 Å². The molecule has 0 radical (unpaired) electrons. The molecule has 0 N–H and O–H groups in total. The third-order valence-electron chi connectivity index (χ3n) is 4.20. The summed E-state index contributed by atoms with van der Waals surface area (Å²) in [5, 5.41) is 0. The number of fused-ring (bicyclic) bond motifs is 1. The van der Waals surface area contributed by atoms with Gasteiger partial charge >= 0.3 is 0 Å². The van der Waals surface area contributed by atoms with Crippen molar-refractivity contribution in [1.29, 1.82) is 0 Å². The van der Waals surface area contributed by atoms with Crippen LogP contribution in [0.3, 0.4) is 0 Å². The Bertz CT molecular complexity index is 625. The first kappa shape index (κ1) is 17.8. The normalized spacial score (nSPS) is 22.4. The van der Waals surface area contributed by atoms with Gasteiger partial charge in [0.25, 0.3) is 0 Å². The first-order chi connectivity index (χ1) is 10.0. The minimum absolute atomic E-state index is 0. The second-order valence-corrected chi connectivity index (χ2v) is 11.3. The summed E-state index contributed by atoms with van der Waals surface area (Å²) in [5.74, 6) is 0. The average molecular weight is 387 g/mol. The van der Waals surface area contributed by atoms with E-state index in [1.807, 2.05) is 0 Å². The quantitative estimate of drug-likeness (QED) is 0.518. The van der Waals surface area contributed by atoms with Crippen LogP contribution in [0.2, 0.25) is 19.6 Å². The van der Waals surface area contributed by atoms with Crippen molar-refractivity contribution in [2.75, 3.05) is 6.61 Å². The van der Waals surface area contributed by atoms with E-state index in [1.165, 1.54) is 16.7 Å². The zero-order chi connectivity index (χ0) is 14.9. The molecule has 2 aliphatic carbocycles. The molecule has 0 aliphatic heterocycles. The molecule has 3 rings (SSSR count). The molecule has 1 atom stereocenters. The molecule has 0 saturated heterocycles. The van der Waals surface area contributed by atoms with Crippen LogP contribution in [0.1, 0.15) is 24.0 Å². The van der Waals surface area contributed by atoms with Gasteiger partial charge in [-0.15, -0.1) is 6.42 Å². The van der Waals surface area contributed by atoms with Gasteiger partial charge in [-0.25, -0.2) is 11.6 Å². The minimum Gasteiger partial charge on any atom is -0.418 e. The van der Waals surface area contributed by atoms with Gasteiger partial charge in [0, 0.05) is 38.2 Å². The Balaban J connectivity index is 0.00000176. The molecule has 2 aliphatic rings. The van der Waals surface area contributed by atoms with Crippen LogP contribution in [-0.2, 0) is 36.0 Å². The Morgan fingerprint density at radius 3 is 2.64 bits per heavy atom. The molecule has 0 heterocycles. The maximum atomic E-state index is 6.13. The third kappa shape index (κ3) is 3.53. The van der Waals surface area contributed by atoms with Crippen molar-refractivity contribution >= 4 is 14.4 Å². The number of allylic oxidation sites excluding steroid dienone is 5. The molecule has 0 saturated carbocycles. The van der Waals surface area contributed by atoms with E-state index in [2.05, 4.69) is 74.3 Å². The summed E-state index contributed by atoms with van der Waals surface area (Å²) in [4.78, 5) is 0. The van der Waals surface area contributed by atoms with E-state index in [1.54, 1.807) is 0 Å². The van der Waals surface area contributed by atoms with E-state index in [9.17, 15) is 0 Å². The van der Waals surface area contributed by atoms with E-state index >= 15 is 0 Å². The number of hydrogen-bond acceptors (Lipinski definition) is 1. The first-order valence-electron chi connectivity index (χ1n) is 7.72. The minimum atomic E-state index is -1.46. The molecular formula is C19H23OSiZr-. The number of hydrogen-bond donors (Lipinski definition) is 0. The van der Waals surface area contributed by atoms with Gasteiger partial charge in [0.05, 0.1) is 0 Å². The zero-order valence-corrected chi connectivity index (χ0v) is 17.1. The summed E-state index contributed by atoms with van der Waals surface area (Å²) in [6.45, 7) is 7.56. The van der Waals surface area contributed by atoms with Crippen LogP contribution in [0.5, 0.6) is 0 Å². The van der Waals surface area contributed by atoms with E-state index < -0.39 is 8.32 Å². The first-order valence-corrected chi connectivity index (χ1v) is 11.1. The maximum absolute atomic E-state index is 6.13. The van der Waals surface area contributed by atoms with Gasteiger partial charge in [0.1, 0.15) is 0 Å². The second-order valence-electron chi connectivity index (χ2n) is 6.80. The van der Waals surface area contributed by atoms with Crippen LogP contribution in [0.4, 0.5) is 0 Å². The molecule has 1 aromatic carbocycles. The fourth-order valence-electron chi connectivity index (χ4n) is 3.19. The molecule has 3 heteroatoms.